The molecule has 1 aliphatic heterocycles. The van der Waals surface area contributed by atoms with Gasteiger partial charge in [0.25, 0.3) is 0 Å². The first-order chi connectivity index (χ1) is 12.6. The number of nitrogens with zero attached hydrogens (tertiary/aromatic N) is 2. The van der Waals surface area contributed by atoms with Gasteiger partial charge in [0.05, 0.1) is 0 Å². The SMILES string of the molecule is O=C(CCc1cccnc1)N1CCC[C@H](CCc2ccc(F)cc2F)C1. The molecule has 0 unspecified atom stereocenters. The van der Waals surface area contributed by atoms with E-state index in [-0.39, 0.29) is 5.91 Å². The van der Waals surface area contributed by atoms with Crippen LogP contribution in [0.15, 0.2) is 42.7 Å². The molecule has 1 amide bonds. The number of rotatable bonds is 6. The van der Waals surface area contributed by atoms with Crippen molar-refractivity contribution in [2.24, 2.45) is 5.92 Å². The predicted octanol–water partition coefficient (Wildman–Crippen LogP) is 4.16. The molecule has 1 saturated heterocycles. The molecule has 0 N–H and O–H groups in total. The molecule has 3 nitrogen and oxygen atoms in total. The van der Waals surface area contributed by atoms with Crippen LogP contribution in [0.3, 0.4) is 0 Å². The van der Waals surface area contributed by atoms with Gasteiger partial charge in [0.15, 0.2) is 0 Å². The molecule has 0 spiro atoms. The number of halogens is 2. The topological polar surface area (TPSA) is 33.2 Å². The average molecular weight is 358 g/mol. The highest BCUT2D eigenvalue weighted by Crippen LogP contribution is 2.23. The van der Waals surface area contributed by atoms with Crippen LogP contribution in [-0.2, 0) is 17.6 Å². The van der Waals surface area contributed by atoms with Gasteiger partial charge in [-0.3, -0.25) is 9.78 Å². The molecule has 1 fully saturated rings. The number of benzene rings is 1. The third-order valence-electron chi connectivity index (χ3n) is 5.06. The smallest absolute Gasteiger partial charge is 0.222 e. The molecule has 2 aromatic rings. The van der Waals surface area contributed by atoms with Crippen LogP contribution in [0.25, 0.3) is 0 Å². The summed E-state index contributed by atoms with van der Waals surface area (Å²) in [5, 5.41) is 0. The van der Waals surface area contributed by atoms with Crippen molar-refractivity contribution in [2.45, 2.75) is 38.5 Å². The molecule has 0 bridgehead atoms. The van der Waals surface area contributed by atoms with Crippen LogP contribution in [-0.4, -0.2) is 28.9 Å². The summed E-state index contributed by atoms with van der Waals surface area (Å²) in [5.74, 6) is -0.485. The Bertz CT molecular complexity index is 736. The molecule has 138 valence electrons. The third-order valence-corrected chi connectivity index (χ3v) is 5.06. The number of carbonyl (C=O) groups is 1. The molecule has 0 aliphatic carbocycles. The summed E-state index contributed by atoms with van der Waals surface area (Å²) in [6.45, 7) is 1.53. The minimum absolute atomic E-state index is 0.173. The van der Waals surface area contributed by atoms with Crippen molar-refractivity contribution in [3.63, 3.8) is 0 Å². The first kappa shape index (κ1) is 18.5. The summed E-state index contributed by atoms with van der Waals surface area (Å²) in [6, 6.07) is 7.62. The number of hydrogen-bond donors (Lipinski definition) is 0. The number of hydrogen-bond acceptors (Lipinski definition) is 2. The van der Waals surface area contributed by atoms with E-state index in [9.17, 15) is 13.6 Å². The molecule has 1 atom stereocenters. The third kappa shape index (κ3) is 5.10. The van der Waals surface area contributed by atoms with Gasteiger partial charge in [-0.15, -0.1) is 0 Å². The molecule has 0 saturated carbocycles. The van der Waals surface area contributed by atoms with Crippen molar-refractivity contribution >= 4 is 5.91 Å². The Morgan fingerprint density at radius 2 is 2.12 bits per heavy atom. The highest BCUT2D eigenvalue weighted by Gasteiger charge is 2.23. The van der Waals surface area contributed by atoms with E-state index in [2.05, 4.69) is 4.98 Å². The zero-order valence-corrected chi connectivity index (χ0v) is 14.8. The first-order valence-electron chi connectivity index (χ1n) is 9.22. The van der Waals surface area contributed by atoms with Gasteiger partial charge >= 0.3 is 0 Å². The van der Waals surface area contributed by atoms with E-state index >= 15 is 0 Å². The van der Waals surface area contributed by atoms with Crippen molar-refractivity contribution in [3.05, 3.63) is 65.5 Å². The number of aromatic nitrogens is 1. The number of pyridine rings is 1. The summed E-state index contributed by atoms with van der Waals surface area (Å²) >= 11 is 0. The second-order valence-corrected chi connectivity index (χ2v) is 6.98. The standard InChI is InChI=1S/C21H24F2N2O/c22-19-9-8-18(20(23)13-19)7-5-17-4-2-12-25(15-17)21(26)10-6-16-3-1-11-24-14-16/h1,3,8-9,11,13-14,17H,2,4-7,10,12,15H2/t17-/m1/s1. The first-order valence-corrected chi connectivity index (χ1v) is 9.22. The maximum atomic E-state index is 13.8. The lowest BCUT2D eigenvalue weighted by atomic mass is 9.91. The maximum Gasteiger partial charge on any atom is 0.222 e. The molecular weight excluding hydrogens is 334 g/mol. The van der Waals surface area contributed by atoms with Crippen LogP contribution in [0.4, 0.5) is 8.78 Å². The monoisotopic (exact) mass is 358 g/mol. The van der Waals surface area contributed by atoms with Crippen LogP contribution in [0.1, 0.15) is 36.8 Å². The van der Waals surface area contributed by atoms with E-state index in [0.717, 1.165) is 44.0 Å². The minimum Gasteiger partial charge on any atom is -0.342 e. The van der Waals surface area contributed by atoms with Gasteiger partial charge in [-0.2, -0.15) is 0 Å². The van der Waals surface area contributed by atoms with Crippen LogP contribution in [0, 0.1) is 17.6 Å². The number of likely N-dealkylation sites (tertiary alicyclic amines) is 1. The average Bonchev–Trinajstić information content (AvgIpc) is 2.66. The van der Waals surface area contributed by atoms with Crippen LogP contribution in [0.2, 0.25) is 0 Å². The normalized spacial score (nSPS) is 17.3. The van der Waals surface area contributed by atoms with E-state index in [4.69, 9.17) is 0 Å². The van der Waals surface area contributed by atoms with Crippen LogP contribution >= 0.6 is 0 Å². The Labute approximate surface area is 153 Å². The van der Waals surface area contributed by atoms with Gasteiger partial charge in [0, 0.05) is 38.0 Å². The maximum absolute atomic E-state index is 13.8. The van der Waals surface area contributed by atoms with Crippen molar-refractivity contribution in [1.29, 1.82) is 0 Å². The largest absolute Gasteiger partial charge is 0.342 e. The number of piperidine rings is 1. The van der Waals surface area contributed by atoms with E-state index in [1.165, 1.54) is 12.1 Å². The van der Waals surface area contributed by atoms with Crippen LogP contribution in [0.5, 0.6) is 0 Å². The summed E-state index contributed by atoms with van der Waals surface area (Å²) in [7, 11) is 0. The minimum atomic E-state index is -0.547. The second kappa shape index (κ2) is 8.88. The van der Waals surface area contributed by atoms with Gasteiger partial charge < -0.3 is 4.90 Å². The summed E-state index contributed by atoms with van der Waals surface area (Å²) < 4.78 is 26.8. The molecule has 1 aromatic carbocycles. The fourth-order valence-electron chi connectivity index (χ4n) is 3.57. The Morgan fingerprint density at radius 3 is 2.88 bits per heavy atom. The fraction of sp³-hybridized carbons (Fsp3) is 0.429. The fourth-order valence-corrected chi connectivity index (χ4v) is 3.57. The molecule has 3 rings (SSSR count). The van der Waals surface area contributed by atoms with Crippen LogP contribution < -0.4 is 0 Å². The molecule has 1 aromatic heterocycles. The lowest BCUT2D eigenvalue weighted by Crippen LogP contribution is -2.40. The highest BCUT2D eigenvalue weighted by atomic mass is 19.1. The van der Waals surface area contributed by atoms with Gasteiger partial charge in [-0.25, -0.2) is 8.78 Å². The summed E-state index contributed by atoms with van der Waals surface area (Å²) in [5.41, 5.74) is 1.62. The van der Waals surface area contributed by atoms with E-state index < -0.39 is 11.6 Å². The Kier molecular flexibility index (Phi) is 6.31. The lowest BCUT2D eigenvalue weighted by molar-refractivity contribution is -0.133. The van der Waals surface area contributed by atoms with Gasteiger partial charge in [-0.05, 0) is 61.3 Å². The number of amides is 1. The van der Waals surface area contributed by atoms with Gasteiger partial charge in [0.2, 0.25) is 5.91 Å². The second-order valence-electron chi connectivity index (χ2n) is 6.98. The molecular formula is C21H24F2N2O. The van der Waals surface area contributed by atoms with Crippen molar-refractivity contribution in [2.75, 3.05) is 13.1 Å². The zero-order chi connectivity index (χ0) is 18.4. The van der Waals surface area contributed by atoms with E-state index in [1.54, 1.807) is 12.4 Å². The van der Waals surface area contributed by atoms with Crippen molar-refractivity contribution < 1.29 is 13.6 Å². The quantitative estimate of drug-likeness (QED) is 0.777. The lowest BCUT2D eigenvalue weighted by Gasteiger charge is -2.33. The Balaban J connectivity index is 1.48. The highest BCUT2D eigenvalue weighted by molar-refractivity contribution is 5.76. The Morgan fingerprint density at radius 1 is 1.23 bits per heavy atom. The van der Waals surface area contributed by atoms with E-state index in [0.29, 0.717) is 30.7 Å². The molecule has 1 aliphatic rings. The molecule has 0 radical (unpaired) electrons. The van der Waals surface area contributed by atoms with Gasteiger partial charge in [0.1, 0.15) is 11.6 Å². The molecule has 2 heterocycles. The van der Waals surface area contributed by atoms with E-state index in [1.807, 2.05) is 17.0 Å². The van der Waals surface area contributed by atoms with Crippen molar-refractivity contribution in [1.82, 2.24) is 9.88 Å². The molecule has 5 heteroatoms. The zero-order valence-electron chi connectivity index (χ0n) is 14.8. The summed E-state index contributed by atoms with van der Waals surface area (Å²) in [6.07, 6.45) is 8.14. The van der Waals surface area contributed by atoms with Gasteiger partial charge in [-0.1, -0.05) is 12.1 Å². The molecule has 26 heavy (non-hydrogen) atoms. The van der Waals surface area contributed by atoms with Crippen molar-refractivity contribution in [3.8, 4) is 0 Å². The Hall–Kier alpha value is -2.30. The predicted molar refractivity (Wildman–Crippen MR) is 96.5 cm³/mol. The number of aryl methyl sites for hydroxylation is 2. The summed E-state index contributed by atoms with van der Waals surface area (Å²) in [4.78, 5) is 18.5. The number of carbonyl (C=O) groups excluding carboxylic acids is 1.